The molecule has 1 fully saturated rings. The number of rotatable bonds is 5. The molecule has 4 nitrogen and oxygen atoms in total. The first-order valence-corrected chi connectivity index (χ1v) is 7.05. The van der Waals surface area contributed by atoms with Crippen molar-refractivity contribution in [2.45, 2.75) is 25.3 Å². The van der Waals surface area contributed by atoms with E-state index in [4.69, 9.17) is 5.73 Å². The lowest BCUT2D eigenvalue weighted by Crippen LogP contribution is -2.46. The minimum Gasteiger partial charge on any atom is -0.368 e. The molecule has 1 aliphatic rings. The third kappa shape index (κ3) is 4.33. The Balaban J connectivity index is 1.93. The Labute approximate surface area is 115 Å². The minimum absolute atomic E-state index is 0.139. The second kappa shape index (κ2) is 7.26. The van der Waals surface area contributed by atoms with E-state index in [2.05, 4.69) is 22.3 Å². The lowest BCUT2D eigenvalue weighted by Gasteiger charge is -2.27. The molecule has 1 aromatic rings. The highest BCUT2D eigenvalue weighted by Crippen LogP contribution is 2.11. The van der Waals surface area contributed by atoms with Crippen molar-refractivity contribution in [1.82, 2.24) is 10.2 Å². The Morgan fingerprint density at radius 3 is 2.79 bits per heavy atom. The number of hydrogen-bond acceptors (Lipinski definition) is 3. The lowest BCUT2D eigenvalue weighted by atomic mass is 10.0. The number of carbonyl (C=O) groups excluding carboxylic acids is 1. The molecule has 1 aromatic carbocycles. The summed E-state index contributed by atoms with van der Waals surface area (Å²) < 4.78 is 0. The summed E-state index contributed by atoms with van der Waals surface area (Å²) in [6.45, 7) is 3.83. The highest BCUT2D eigenvalue weighted by Gasteiger charge is 2.23. The monoisotopic (exact) mass is 261 g/mol. The van der Waals surface area contributed by atoms with Crippen LogP contribution in [0.15, 0.2) is 30.3 Å². The van der Waals surface area contributed by atoms with Crippen molar-refractivity contribution in [2.24, 2.45) is 5.73 Å². The molecule has 2 rings (SSSR count). The van der Waals surface area contributed by atoms with Crippen LogP contribution < -0.4 is 11.1 Å². The van der Waals surface area contributed by atoms with Gasteiger partial charge in [-0.05, 0) is 31.4 Å². The van der Waals surface area contributed by atoms with E-state index in [1.807, 2.05) is 18.2 Å². The van der Waals surface area contributed by atoms with Crippen molar-refractivity contribution in [3.05, 3.63) is 35.9 Å². The van der Waals surface area contributed by atoms with E-state index in [-0.39, 0.29) is 11.9 Å². The van der Waals surface area contributed by atoms with Gasteiger partial charge in [-0.25, -0.2) is 0 Å². The standard InChI is InChI=1S/C15H23N3O/c16-15(19)14(18-11-4-9-17-10-12-18)8-7-13-5-2-1-3-6-13/h1-3,5-6,14,17H,4,7-12H2,(H2,16,19). The van der Waals surface area contributed by atoms with E-state index in [0.29, 0.717) is 0 Å². The minimum atomic E-state index is -0.196. The van der Waals surface area contributed by atoms with E-state index in [1.165, 1.54) is 5.56 Å². The van der Waals surface area contributed by atoms with E-state index in [0.717, 1.165) is 45.4 Å². The molecule has 19 heavy (non-hydrogen) atoms. The van der Waals surface area contributed by atoms with Gasteiger partial charge in [-0.1, -0.05) is 30.3 Å². The predicted molar refractivity (Wildman–Crippen MR) is 76.8 cm³/mol. The zero-order valence-electron chi connectivity index (χ0n) is 11.3. The Morgan fingerprint density at radius 1 is 1.26 bits per heavy atom. The highest BCUT2D eigenvalue weighted by atomic mass is 16.1. The van der Waals surface area contributed by atoms with Crippen LogP contribution in [0.2, 0.25) is 0 Å². The number of carbonyl (C=O) groups is 1. The number of hydrogen-bond donors (Lipinski definition) is 2. The average Bonchev–Trinajstić information content (AvgIpc) is 2.69. The van der Waals surface area contributed by atoms with Gasteiger partial charge < -0.3 is 11.1 Å². The lowest BCUT2D eigenvalue weighted by molar-refractivity contribution is -0.123. The van der Waals surface area contributed by atoms with Crippen LogP contribution in [0.5, 0.6) is 0 Å². The molecule has 1 amide bonds. The highest BCUT2D eigenvalue weighted by molar-refractivity contribution is 5.79. The summed E-state index contributed by atoms with van der Waals surface area (Å²) in [7, 11) is 0. The number of amides is 1. The van der Waals surface area contributed by atoms with Crippen molar-refractivity contribution in [3.8, 4) is 0 Å². The van der Waals surface area contributed by atoms with Gasteiger partial charge in [0.15, 0.2) is 0 Å². The number of primary amides is 1. The average molecular weight is 261 g/mol. The summed E-state index contributed by atoms with van der Waals surface area (Å²) in [5.74, 6) is -0.196. The SMILES string of the molecule is NC(=O)C(CCc1ccccc1)N1CCCNCC1. The van der Waals surface area contributed by atoms with Gasteiger partial charge in [0.1, 0.15) is 0 Å². The first-order valence-electron chi connectivity index (χ1n) is 7.05. The predicted octanol–water partition coefficient (Wildman–Crippen LogP) is 0.768. The fourth-order valence-corrected chi connectivity index (χ4v) is 2.63. The molecule has 1 heterocycles. The summed E-state index contributed by atoms with van der Waals surface area (Å²) in [4.78, 5) is 13.9. The molecule has 0 aromatic heterocycles. The molecule has 1 unspecified atom stereocenters. The number of nitrogens with one attached hydrogen (secondary N) is 1. The van der Waals surface area contributed by atoms with Gasteiger partial charge in [0.2, 0.25) is 5.91 Å². The van der Waals surface area contributed by atoms with Gasteiger partial charge in [-0.2, -0.15) is 0 Å². The van der Waals surface area contributed by atoms with Crippen molar-refractivity contribution >= 4 is 5.91 Å². The van der Waals surface area contributed by atoms with Gasteiger partial charge in [-0.15, -0.1) is 0 Å². The largest absolute Gasteiger partial charge is 0.368 e. The molecule has 3 N–H and O–H groups in total. The molecule has 4 heteroatoms. The molecule has 0 spiro atoms. The maximum Gasteiger partial charge on any atom is 0.234 e. The van der Waals surface area contributed by atoms with Crippen LogP contribution in [0.1, 0.15) is 18.4 Å². The van der Waals surface area contributed by atoms with Crippen LogP contribution in [0, 0.1) is 0 Å². The molecule has 0 bridgehead atoms. The fourth-order valence-electron chi connectivity index (χ4n) is 2.63. The fraction of sp³-hybridized carbons (Fsp3) is 0.533. The van der Waals surface area contributed by atoms with Crippen molar-refractivity contribution in [1.29, 1.82) is 0 Å². The van der Waals surface area contributed by atoms with Gasteiger partial charge >= 0.3 is 0 Å². The van der Waals surface area contributed by atoms with Gasteiger partial charge in [0, 0.05) is 19.6 Å². The number of benzene rings is 1. The van der Waals surface area contributed by atoms with Crippen LogP contribution in [-0.2, 0) is 11.2 Å². The molecular formula is C15H23N3O. The summed E-state index contributed by atoms with van der Waals surface area (Å²) in [5.41, 5.74) is 6.85. The van der Waals surface area contributed by atoms with E-state index in [9.17, 15) is 4.79 Å². The number of nitrogens with zero attached hydrogens (tertiary/aromatic N) is 1. The molecule has 0 aliphatic carbocycles. The first-order chi connectivity index (χ1) is 9.27. The molecule has 0 saturated carbocycles. The van der Waals surface area contributed by atoms with Gasteiger partial charge in [-0.3, -0.25) is 9.69 Å². The van der Waals surface area contributed by atoms with Crippen molar-refractivity contribution in [2.75, 3.05) is 26.2 Å². The Hall–Kier alpha value is -1.39. The second-order valence-corrected chi connectivity index (χ2v) is 5.08. The molecule has 1 saturated heterocycles. The molecule has 104 valence electrons. The molecule has 1 aliphatic heterocycles. The molecule has 1 atom stereocenters. The quantitative estimate of drug-likeness (QED) is 0.823. The third-order valence-electron chi connectivity index (χ3n) is 3.69. The van der Waals surface area contributed by atoms with Crippen LogP contribution in [-0.4, -0.2) is 43.0 Å². The van der Waals surface area contributed by atoms with Gasteiger partial charge in [0.25, 0.3) is 0 Å². The van der Waals surface area contributed by atoms with Crippen LogP contribution in [0.3, 0.4) is 0 Å². The van der Waals surface area contributed by atoms with Gasteiger partial charge in [0.05, 0.1) is 6.04 Å². The Kier molecular flexibility index (Phi) is 5.36. The van der Waals surface area contributed by atoms with Crippen molar-refractivity contribution < 1.29 is 4.79 Å². The summed E-state index contributed by atoms with van der Waals surface area (Å²) in [5, 5.41) is 3.35. The summed E-state index contributed by atoms with van der Waals surface area (Å²) in [6.07, 6.45) is 2.78. The molecular weight excluding hydrogens is 238 g/mol. The number of aryl methyl sites for hydroxylation is 1. The topological polar surface area (TPSA) is 58.4 Å². The second-order valence-electron chi connectivity index (χ2n) is 5.08. The molecule has 0 radical (unpaired) electrons. The van der Waals surface area contributed by atoms with Crippen LogP contribution in [0.25, 0.3) is 0 Å². The maximum absolute atomic E-state index is 11.7. The summed E-state index contributed by atoms with van der Waals surface area (Å²) in [6, 6.07) is 10.1. The van der Waals surface area contributed by atoms with E-state index in [1.54, 1.807) is 0 Å². The Bertz CT molecular complexity index is 386. The van der Waals surface area contributed by atoms with E-state index < -0.39 is 0 Å². The normalized spacial score (nSPS) is 18.7. The summed E-state index contributed by atoms with van der Waals surface area (Å²) >= 11 is 0. The smallest absolute Gasteiger partial charge is 0.234 e. The first kappa shape index (κ1) is 14.0. The zero-order chi connectivity index (χ0) is 13.5. The maximum atomic E-state index is 11.7. The van der Waals surface area contributed by atoms with Crippen molar-refractivity contribution in [3.63, 3.8) is 0 Å². The van der Waals surface area contributed by atoms with E-state index >= 15 is 0 Å². The van der Waals surface area contributed by atoms with Crippen LogP contribution >= 0.6 is 0 Å². The van der Waals surface area contributed by atoms with Crippen LogP contribution in [0.4, 0.5) is 0 Å². The third-order valence-corrected chi connectivity index (χ3v) is 3.69. The Morgan fingerprint density at radius 2 is 2.05 bits per heavy atom. The number of nitrogens with two attached hydrogens (primary N) is 1. The zero-order valence-corrected chi connectivity index (χ0v) is 11.3.